The molecular weight excluding hydrogens is 276 g/mol. The zero-order valence-corrected chi connectivity index (χ0v) is 14.7. The van der Waals surface area contributed by atoms with Crippen molar-refractivity contribution in [2.45, 2.75) is 39.7 Å². The molecule has 126 valence electrons. The lowest BCUT2D eigenvalue weighted by molar-refractivity contribution is 0.194. The minimum absolute atomic E-state index is 0.804. The molecule has 0 saturated carbocycles. The molecule has 22 heavy (non-hydrogen) atoms. The van der Waals surface area contributed by atoms with Crippen molar-refractivity contribution in [3.05, 3.63) is 23.8 Å². The van der Waals surface area contributed by atoms with Crippen molar-refractivity contribution in [1.82, 2.24) is 5.32 Å². The van der Waals surface area contributed by atoms with Crippen LogP contribution in [0.4, 0.5) is 5.69 Å². The molecule has 0 heterocycles. The molecule has 1 aromatic rings. The van der Waals surface area contributed by atoms with Crippen molar-refractivity contribution in [3.8, 4) is 5.75 Å². The fourth-order valence-corrected chi connectivity index (χ4v) is 2.47. The molecule has 0 unspecified atom stereocenters. The Morgan fingerprint density at radius 2 is 1.95 bits per heavy atom. The molecule has 0 aliphatic heterocycles. The predicted octanol–water partition coefficient (Wildman–Crippen LogP) is 3.45. The smallest absolute Gasteiger partial charge is 0.142 e. The number of ether oxygens (including phenoxy) is 2. The van der Waals surface area contributed by atoms with E-state index in [1.54, 1.807) is 14.2 Å². The van der Waals surface area contributed by atoms with Gasteiger partial charge in [0.1, 0.15) is 5.75 Å². The van der Waals surface area contributed by atoms with Crippen LogP contribution in [-0.4, -0.2) is 40.5 Å². The van der Waals surface area contributed by atoms with Crippen LogP contribution in [-0.2, 0) is 11.3 Å². The highest BCUT2D eigenvalue weighted by molar-refractivity contribution is 5.59. The maximum atomic E-state index is 5.60. The number of unbranched alkanes of at least 4 members (excludes halogenated alkanes) is 1. The molecule has 0 bridgehead atoms. The highest BCUT2D eigenvalue weighted by Gasteiger charge is 2.10. The lowest BCUT2D eigenvalue weighted by Gasteiger charge is -2.25. The van der Waals surface area contributed by atoms with E-state index in [-0.39, 0.29) is 0 Å². The molecule has 4 heteroatoms. The second-order valence-corrected chi connectivity index (χ2v) is 5.46. The number of nitrogens with one attached hydrogen (secondary N) is 1. The fraction of sp³-hybridized carbons (Fsp3) is 0.667. The van der Waals surface area contributed by atoms with Gasteiger partial charge in [-0.15, -0.1) is 0 Å². The molecule has 0 saturated heterocycles. The van der Waals surface area contributed by atoms with Gasteiger partial charge in [-0.2, -0.15) is 0 Å². The van der Waals surface area contributed by atoms with E-state index in [0.717, 1.165) is 45.0 Å². The van der Waals surface area contributed by atoms with Crippen LogP contribution in [0.25, 0.3) is 0 Å². The van der Waals surface area contributed by atoms with Crippen LogP contribution in [0.15, 0.2) is 18.2 Å². The molecular formula is C18H32N2O2. The summed E-state index contributed by atoms with van der Waals surface area (Å²) in [6.45, 7) is 9.14. The van der Waals surface area contributed by atoms with E-state index in [4.69, 9.17) is 9.47 Å². The Balaban J connectivity index is 2.65. The van der Waals surface area contributed by atoms with Crippen LogP contribution in [0.5, 0.6) is 5.75 Å². The quantitative estimate of drug-likeness (QED) is 0.600. The van der Waals surface area contributed by atoms with Crippen molar-refractivity contribution < 1.29 is 9.47 Å². The first-order valence-electron chi connectivity index (χ1n) is 8.38. The van der Waals surface area contributed by atoms with Gasteiger partial charge in [0, 0.05) is 33.4 Å². The maximum absolute atomic E-state index is 5.60. The SMILES string of the molecule is CCCCN(CC)c1ccc(CNCCCOC)cc1OC. The normalized spacial score (nSPS) is 10.7. The molecule has 0 fully saturated rings. The van der Waals surface area contributed by atoms with Crippen LogP contribution >= 0.6 is 0 Å². The summed E-state index contributed by atoms with van der Waals surface area (Å²) in [4.78, 5) is 2.39. The minimum atomic E-state index is 0.804. The number of rotatable bonds is 12. The van der Waals surface area contributed by atoms with E-state index >= 15 is 0 Å². The Morgan fingerprint density at radius 3 is 2.59 bits per heavy atom. The maximum Gasteiger partial charge on any atom is 0.142 e. The van der Waals surface area contributed by atoms with Gasteiger partial charge in [-0.25, -0.2) is 0 Å². The first kappa shape index (κ1) is 18.8. The standard InChI is InChI=1S/C18H32N2O2/c1-5-7-12-20(6-2)17-10-9-16(14-18(17)22-4)15-19-11-8-13-21-3/h9-10,14,19H,5-8,11-13,15H2,1-4H3. The van der Waals surface area contributed by atoms with Gasteiger partial charge in [0.05, 0.1) is 12.8 Å². The average molecular weight is 308 g/mol. The third-order valence-corrected chi connectivity index (χ3v) is 3.78. The Kier molecular flexibility index (Phi) is 9.67. The molecule has 4 nitrogen and oxygen atoms in total. The third kappa shape index (κ3) is 6.24. The summed E-state index contributed by atoms with van der Waals surface area (Å²) in [7, 11) is 3.49. The van der Waals surface area contributed by atoms with Gasteiger partial charge >= 0.3 is 0 Å². The molecule has 0 aliphatic rings. The number of methoxy groups -OCH3 is 2. The van der Waals surface area contributed by atoms with Gasteiger partial charge in [-0.05, 0) is 44.0 Å². The van der Waals surface area contributed by atoms with Gasteiger partial charge in [0.15, 0.2) is 0 Å². The second-order valence-electron chi connectivity index (χ2n) is 5.46. The number of benzene rings is 1. The third-order valence-electron chi connectivity index (χ3n) is 3.78. The molecule has 0 radical (unpaired) electrons. The minimum Gasteiger partial charge on any atom is -0.495 e. The monoisotopic (exact) mass is 308 g/mol. The lowest BCUT2D eigenvalue weighted by atomic mass is 10.1. The summed E-state index contributed by atoms with van der Waals surface area (Å²) < 4.78 is 10.7. The Morgan fingerprint density at radius 1 is 1.14 bits per heavy atom. The van der Waals surface area contributed by atoms with Crippen molar-refractivity contribution in [2.24, 2.45) is 0 Å². The molecule has 0 amide bonds. The Hall–Kier alpha value is -1.26. The van der Waals surface area contributed by atoms with E-state index in [1.165, 1.54) is 24.1 Å². The number of anilines is 1. The Labute approximate surface area is 135 Å². The van der Waals surface area contributed by atoms with Gasteiger partial charge in [-0.1, -0.05) is 19.4 Å². The topological polar surface area (TPSA) is 33.7 Å². The summed E-state index contributed by atoms with van der Waals surface area (Å²) in [6.07, 6.45) is 3.45. The highest BCUT2D eigenvalue weighted by atomic mass is 16.5. The van der Waals surface area contributed by atoms with Gasteiger partial charge in [0.2, 0.25) is 0 Å². The molecule has 0 atom stereocenters. The molecule has 0 aromatic heterocycles. The summed E-state index contributed by atoms with van der Waals surface area (Å²) in [5.74, 6) is 0.967. The van der Waals surface area contributed by atoms with E-state index < -0.39 is 0 Å². The van der Waals surface area contributed by atoms with E-state index in [0.29, 0.717) is 0 Å². The second kappa shape index (κ2) is 11.3. The van der Waals surface area contributed by atoms with Gasteiger partial charge in [0.25, 0.3) is 0 Å². The van der Waals surface area contributed by atoms with E-state index in [2.05, 4.69) is 42.3 Å². The van der Waals surface area contributed by atoms with Crippen LogP contribution in [0.1, 0.15) is 38.7 Å². The van der Waals surface area contributed by atoms with Crippen LogP contribution in [0.3, 0.4) is 0 Å². The summed E-state index contributed by atoms with van der Waals surface area (Å²) in [5.41, 5.74) is 2.45. The molecule has 1 N–H and O–H groups in total. The van der Waals surface area contributed by atoms with E-state index in [1.807, 2.05) is 0 Å². The van der Waals surface area contributed by atoms with Crippen LogP contribution in [0, 0.1) is 0 Å². The van der Waals surface area contributed by atoms with Crippen molar-refractivity contribution >= 4 is 5.69 Å². The zero-order valence-electron chi connectivity index (χ0n) is 14.7. The summed E-state index contributed by atoms with van der Waals surface area (Å²) in [5, 5.41) is 3.44. The molecule has 0 spiro atoms. The summed E-state index contributed by atoms with van der Waals surface area (Å²) in [6, 6.07) is 6.52. The highest BCUT2D eigenvalue weighted by Crippen LogP contribution is 2.29. The van der Waals surface area contributed by atoms with Crippen LogP contribution in [0.2, 0.25) is 0 Å². The lowest BCUT2D eigenvalue weighted by Crippen LogP contribution is -2.24. The number of hydrogen-bond acceptors (Lipinski definition) is 4. The summed E-state index contributed by atoms with van der Waals surface area (Å²) >= 11 is 0. The van der Waals surface area contributed by atoms with Crippen molar-refractivity contribution in [3.63, 3.8) is 0 Å². The average Bonchev–Trinajstić information content (AvgIpc) is 2.56. The molecule has 1 aromatic carbocycles. The first-order chi connectivity index (χ1) is 10.8. The van der Waals surface area contributed by atoms with E-state index in [9.17, 15) is 0 Å². The van der Waals surface area contributed by atoms with Gasteiger partial charge in [-0.3, -0.25) is 0 Å². The first-order valence-corrected chi connectivity index (χ1v) is 8.38. The number of nitrogens with zero attached hydrogens (tertiary/aromatic N) is 1. The number of hydrogen-bond donors (Lipinski definition) is 1. The van der Waals surface area contributed by atoms with Crippen molar-refractivity contribution in [1.29, 1.82) is 0 Å². The van der Waals surface area contributed by atoms with Crippen molar-refractivity contribution in [2.75, 3.05) is 45.4 Å². The molecule has 0 aliphatic carbocycles. The molecule has 1 rings (SSSR count). The largest absolute Gasteiger partial charge is 0.495 e. The van der Waals surface area contributed by atoms with Crippen LogP contribution < -0.4 is 15.0 Å². The van der Waals surface area contributed by atoms with Gasteiger partial charge < -0.3 is 19.7 Å². The predicted molar refractivity (Wildman–Crippen MR) is 94.0 cm³/mol. The Bertz CT molecular complexity index is 410. The zero-order chi connectivity index (χ0) is 16.2. The fourth-order valence-electron chi connectivity index (χ4n) is 2.47.